The number of ether oxygens (including phenoxy) is 4. The smallest absolute Gasteiger partial charge is 0.225 e. The van der Waals surface area contributed by atoms with Crippen molar-refractivity contribution in [2.75, 3.05) is 56.9 Å². The largest absolute Gasteiger partial charge is 0.486 e. The van der Waals surface area contributed by atoms with E-state index in [1.165, 1.54) is 4.31 Å². The van der Waals surface area contributed by atoms with E-state index < -0.39 is 23.0 Å². The fraction of sp³-hybridized carbons (Fsp3) is 0.552. The van der Waals surface area contributed by atoms with Crippen LogP contribution in [0.3, 0.4) is 0 Å². The van der Waals surface area contributed by atoms with Gasteiger partial charge in [-0.3, -0.25) is 9.10 Å². The van der Waals surface area contributed by atoms with Gasteiger partial charge in [-0.25, -0.2) is 8.42 Å². The van der Waals surface area contributed by atoms with Crippen molar-refractivity contribution < 1.29 is 37.3 Å². The summed E-state index contributed by atoms with van der Waals surface area (Å²) in [6, 6.07) is 10.0. The molecule has 224 valence electrons. The van der Waals surface area contributed by atoms with Gasteiger partial charge in [0.05, 0.1) is 11.7 Å². The Hall–Kier alpha value is -3.22. The minimum absolute atomic E-state index is 0.135. The third-order valence-corrected chi connectivity index (χ3v) is 8.41. The van der Waals surface area contributed by atoms with Crippen molar-refractivity contribution in [2.24, 2.45) is 0 Å². The summed E-state index contributed by atoms with van der Waals surface area (Å²) in [7, 11) is -2.83. The van der Waals surface area contributed by atoms with Crippen LogP contribution in [0.25, 0.3) is 0 Å². The molecule has 1 saturated heterocycles. The summed E-state index contributed by atoms with van der Waals surface area (Å²) in [6.07, 6.45) is 3.49. The quantitative estimate of drug-likeness (QED) is 0.239. The summed E-state index contributed by atoms with van der Waals surface area (Å²) in [5.74, 6) is 2.26. The number of nitrogens with one attached hydrogen (secondary N) is 1. The number of nitrogens with zero attached hydrogens (tertiary/aromatic N) is 2. The van der Waals surface area contributed by atoms with E-state index in [4.69, 9.17) is 18.9 Å². The van der Waals surface area contributed by atoms with Gasteiger partial charge < -0.3 is 34.3 Å². The Labute approximate surface area is 242 Å². The molecule has 1 fully saturated rings. The molecule has 12 heteroatoms. The minimum Gasteiger partial charge on any atom is -0.486 e. The maximum absolute atomic E-state index is 12.9. The van der Waals surface area contributed by atoms with Gasteiger partial charge >= 0.3 is 0 Å². The minimum atomic E-state index is -2.83. The first-order valence-corrected chi connectivity index (χ1v) is 15.5. The van der Waals surface area contributed by atoms with Crippen LogP contribution in [0.4, 0.5) is 5.69 Å². The second-order valence-corrected chi connectivity index (χ2v) is 11.5. The van der Waals surface area contributed by atoms with E-state index in [0.717, 1.165) is 25.9 Å². The maximum Gasteiger partial charge on any atom is 0.225 e. The van der Waals surface area contributed by atoms with Crippen molar-refractivity contribution in [1.82, 2.24) is 10.2 Å². The first-order chi connectivity index (χ1) is 20.0. The molecule has 2 atom stereocenters. The van der Waals surface area contributed by atoms with Crippen molar-refractivity contribution >= 4 is 22.5 Å². The van der Waals surface area contributed by atoms with Crippen molar-refractivity contribution in [1.29, 1.82) is 0 Å². The number of carbonyl (C=O) groups is 1. The molecule has 0 aliphatic carbocycles. The molecule has 0 radical (unpaired) electrons. The molecule has 2 aromatic rings. The molecular weight excluding hydrogens is 550 g/mol. The molecule has 0 saturated carbocycles. The number of hydrogen-bond acceptors (Lipinski definition) is 9. The number of unbranched alkanes of at least 4 members (excludes halogenated alkanes) is 2. The number of rotatable bonds is 13. The normalized spacial score (nSPS) is 17.7. The second kappa shape index (κ2) is 14.1. The Morgan fingerprint density at radius 3 is 2.20 bits per heavy atom. The molecule has 0 aromatic heterocycles. The van der Waals surface area contributed by atoms with E-state index in [0.29, 0.717) is 93.0 Å². The van der Waals surface area contributed by atoms with Gasteiger partial charge in [-0.05, 0) is 68.6 Å². The zero-order valence-electron chi connectivity index (χ0n) is 23.2. The highest BCUT2D eigenvalue weighted by Gasteiger charge is 2.28. The third kappa shape index (κ3) is 7.75. The van der Waals surface area contributed by atoms with Crippen LogP contribution in [0.5, 0.6) is 23.0 Å². The average molecular weight is 590 g/mol. The van der Waals surface area contributed by atoms with Gasteiger partial charge in [-0.2, -0.15) is 0 Å². The number of aliphatic hydroxyl groups excluding tert-OH is 1. The predicted octanol–water partition coefficient (Wildman–Crippen LogP) is 2.44. The fourth-order valence-corrected chi connectivity index (χ4v) is 6.06. The number of amides is 1. The molecule has 3 aliphatic rings. The van der Waals surface area contributed by atoms with E-state index in [-0.39, 0.29) is 12.3 Å². The van der Waals surface area contributed by atoms with E-state index in [1.54, 1.807) is 30.3 Å². The zero-order chi connectivity index (χ0) is 28.6. The molecular formula is C29H39N3O8S. The van der Waals surface area contributed by atoms with Crippen LogP contribution in [0.2, 0.25) is 0 Å². The SMILES string of the molecule is O=C(CCCCCN(c1ccc2c(c1)OCCO2)[SH](=O)=O)N[C@H](CN1CCCC1)[C@H](O)c1ccc2c(c1)OCCO2. The van der Waals surface area contributed by atoms with Crippen LogP contribution in [0.1, 0.15) is 50.2 Å². The van der Waals surface area contributed by atoms with Crippen LogP contribution in [-0.4, -0.2) is 83.0 Å². The highest BCUT2D eigenvalue weighted by molar-refractivity contribution is 7.74. The summed E-state index contributed by atoms with van der Waals surface area (Å²) in [6.45, 7) is 4.60. The number of fused-ring (bicyclic) bond motifs is 2. The third-order valence-electron chi connectivity index (χ3n) is 7.58. The summed E-state index contributed by atoms with van der Waals surface area (Å²) in [5, 5.41) is 14.3. The van der Waals surface area contributed by atoms with Gasteiger partial charge in [0.25, 0.3) is 0 Å². The Morgan fingerprint density at radius 2 is 1.51 bits per heavy atom. The highest BCUT2D eigenvalue weighted by Crippen LogP contribution is 2.35. The van der Waals surface area contributed by atoms with Crippen LogP contribution in [0.15, 0.2) is 36.4 Å². The number of benzene rings is 2. The second-order valence-electron chi connectivity index (χ2n) is 10.5. The monoisotopic (exact) mass is 589 g/mol. The van der Waals surface area contributed by atoms with Gasteiger partial charge in [0.15, 0.2) is 23.0 Å². The Balaban J connectivity index is 1.12. The predicted molar refractivity (Wildman–Crippen MR) is 154 cm³/mol. The summed E-state index contributed by atoms with van der Waals surface area (Å²) in [5.41, 5.74) is 1.20. The van der Waals surface area contributed by atoms with E-state index >= 15 is 0 Å². The first kappa shape index (κ1) is 29.3. The molecule has 41 heavy (non-hydrogen) atoms. The Morgan fingerprint density at radius 1 is 0.878 bits per heavy atom. The lowest BCUT2D eigenvalue weighted by molar-refractivity contribution is -0.123. The maximum atomic E-state index is 12.9. The molecule has 0 spiro atoms. The van der Waals surface area contributed by atoms with E-state index in [1.807, 2.05) is 6.07 Å². The number of hydrogen-bond donors (Lipinski definition) is 3. The van der Waals surface area contributed by atoms with E-state index in [2.05, 4.69) is 10.2 Å². The van der Waals surface area contributed by atoms with Crippen LogP contribution in [-0.2, 0) is 15.7 Å². The number of carbonyl (C=O) groups excluding carboxylic acids is 1. The Kier molecular flexibility index (Phi) is 10.1. The standard InChI is InChI=1S/C29H39N3O8S/c33-28(6-2-1-3-13-32(41(35)36)22-8-10-25-27(19-22)40-17-15-38-25)30-23(20-31-11-4-5-12-31)29(34)21-7-9-24-26(18-21)39-16-14-37-24/h7-10,18-19,23,29,34,41H,1-6,11-17,20H2,(H,30,33)/t23-,29-/m1/s1. The fourth-order valence-electron chi connectivity index (χ4n) is 5.44. The van der Waals surface area contributed by atoms with Gasteiger partial charge in [0.2, 0.25) is 16.8 Å². The molecule has 3 heterocycles. The molecule has 2 N–H and O–H groups in total. The number of aliphatic hydroxyl groups is 1. The summed E-state index contributed by atoms with van der Waals surface area (Å²) >= 11 is 0. The van der Waals surface area contributed by atoms with Crippen molar-refractivity contribution in [2.45, 2.75) is 50.7 Å². The first-order valence-electron chi connectivity index (χ1n) is 14.4. The molecule has 3 aliphatic heterocycles. The summed E-state index contributed by atoms with van der Waals surface area (Å²) in [4.78, 5) is 15.2. The number of likely N-dealkylation sites (tertiary alicyclic amines) is 1. The zero-order valence-corrected chi connectivity index (χ0v) is 24.1. The topological polar surface area (TPSA) is 127 Å². The lowest BCUT2D eigenvalue weighted by Crippen LogP contribution is -2.46. The highest BCUT2D eigenvalue weighted by atomic mass is 32.2. The Bertz CT molecular complexity index is 1260. The van der Waals surface area contributed by atoms with Crippen LogP contribution in [0, 0.1) is 0 Å². The van der Waals surface area contributed by atoms with Crippen LogP contribution >= 0.6 is 0 Å². The molecule has 1 amide bonds. The molecule has 5 rings (SSSR count). The molecule has 0 bridgehead atoms. The number of anilines is 1. The number of thiol groups is 1. The van der Waals surface area contributed by atoms with Crippen molar-refractivity contribution in [3.63, 3.8) is 0 Å². The van der Waals surface area contributed by atoms with E-state index in [9.17, 15) is 18.3 Å². The molecule has 2 aromatic carbocycles. The average Bonchev–Trinajstić information content (AvgIpc) is 3.51. The van der Waals surface area contributed by atoms with Gasteiger partial charge in [-0.15, -0.1) is 0 Å². The molecule has 0 unspecified atom stereocenters. The van der Waals surface area contributed by atoms with Crippen LogP contribution < -0.4 is 28.6 Å². The lowest BCUT2D eigenvalue weighted by atomic mass is 10.0. The van der Waals surface area contributed by atoms with Gasteiger partial charge in [0, 0.05) is 25.6 Å². The molecule has 11 nitrogen and oxygen atoms in total. The lowest BCUT2D eigenvalue weighted by Gasteiger charge is -2.29. The summed E-state index contributed by atoms with van der Waals surface area (Å²) < 4.78 is 47.6. The van der Waals surface area contributed by atoms with Gasteiger partial charge in [0.1, 0.15) is 32.5 Å². The van der Waals surface area contributed by atoms with Crippen molar-refractivity contribution in [3.8, 4) is 23.0 Å². The van der Waals surface area contributed by atoms with Crippen molar-refractivity contribution in [3.05, 3.63) is 42.0 Å². The van der Waals surface area contributed by atoms with Gasteiger partial charge in [-0.1, -0.05) is 12.5 Å².